The predicted octanol–water partition coefficient (Wildman–Crippen LogP) is 0.483. The molecule has 0 aliphatic heterocycles. The summed E-state index contributed by atoms with van der Waals surface area (Å²) >= 11 is 0. The molecule has 11 heavy (non-hydrogen) atoms. The van der Waals surface area contributed by atoms with Crippen molar-refractivity contribution in [1.29, 1.82) is 0 Å². The lowest BCUT2D eigenvalue weighted by Crippen LogP contribution is -2.02. The molecule has 4 nitrogen and oxygen atoms in total. The Kier molecular flexibility index (Phi) is 1.09. The molecule has 2 heterocycles. The van der Waals surface area contributed by atoms with E-state index < -0.39 is 0 Å². The lowest BCUT2D eigenvalue weighted by molar-refractivity contribution is 0.536. The zero-order valence-corrected chi connectivity index (χ0v) is 6.06. The highest BCUT2D eigenvalue weighted by Crippen LogP contribution is 2.04. The molecular weight excluding hydrogens is 142 g/mol. The van der Waals surface area contributed by atoms with Crippen LogP contribution in [0.1, 0.15) is 5.69 Å². The molecule has 56 valence electrons. The molecule has 0 saturated carbocycles. The van der Waals surface area contributed by atoms with Crippen LogP contribution in [0, 0.1) is 6.92 Å². The van der Waals surface area contributed by atoms with Crippen LogP contribution in [0.2, 0.25) is 0 Å². The van der Waals surface area contributed by atoms with Crippen LogP contribution < -0.4 is 0 Å². The molecule has 0 unspecified atom stereocenters. The Hall–Kier alpha value is -1.58. The van der Waals surface area contributed by atoms with Gasteiger partial charge >= 0.3 is 0 Å². The monoisotopic (exact) mass is 149 g/mol. The molecule has 0 bridgehead atoms. The molecular formula is C7H7N3O. The van der Waals surface area contributed by atoms with E-state index in [1.807, 2.05) is 6.92 Å². The number of aryl methyl sites for hydroxylation is 1. The van der Waals surface area contributed by atoms with Gasteiger partial charge in [0.15, 0.2) is 5.65 Å². The normalized spacial score (nSPS) is 10.6. The van der Waals surface area contributed by atoms with Crippen molar-refractivity contribution in [2.45, 2.75) is 6.92 Å². The van der Waals surface area contributed by atoms with Gasteiger partial charge in [0, 0.05) is 12.3 Å². The third kappa shape index (κ3) is 0.690. The van der Waals surface area contributed by atoms with E-state index in [0.29, 0.717) is 0 Å². The van der Waals surface area contributed by atoms with Gasteiger partial charge in [0.1, 0.15) is 0 Å². The fraction of sp³-hybridized carbons (Fsp3) is 0.143. The van der Waals surface area contributed by atoms with Gasteiger partial charge in [-0.2, -0.15) is 0 Å². The van der Waals surface area contributed by atoms with Gasteiger partial charge in [0.25, 0.3) is 0 Å². The first-order valence-electron chi connectivity index (χ1n) is 3.29. The van der Waals surface area contributed by atoms with Crippen molar-refractivity contribution in [3.63, 3.8) is 0 Å². The fourth-order valence-corrected chi connectivity index (χ4v) is 1.16. The summed E-state index contributed by atoms with van der Waals surface area (Å²) in [7, 11) is 0. The largest absolute Gasteiger partial charge is 0.276 e. The minimum absolute atomic E-state index is 0.752. The zero-order valence-electron chi connectivity index (χ0n) is 6.06. The van der Waals surface area contributed by atoms with E-state index in [-0.39, 0.29) is 0 Å². The summed E-state index contributed by atoms with van der Waals surface area (Å²) in [5, 5.41) is 0. The number of carbonyl (C=O) groups is 1. The fourth-order valence-electron chi connectivity index (χ4n) is 1.16. The van der Waals surface area contributed by atoms with Crippen LogP contribution in [-0.2, 0) is 4.79 Å². The van der Waals surface area contributed by atoms with Gasteiger partial charge in [-0.15, -0.1) is 0 Å². The quantitative estimate of drug-likeness (QED) is 0.553. The first-order chi connectivity index (χ1) is 5.33. The number of imidazole rings is 1. The summed E-state index contributed by atoms with van der Waals surface area (Å²) in [6.07, 6.45) is 4.17. The number of fused-ring (bicyclic) bond motifs is 1. The molecule has 0 radical (unpaired) electrons. The highest BCUT2D eigenvalue weighted by Gasteiger charge is 2.01. The van der Waals surface area contributed by atoms with Crippen molar-refractivity contribution in [2.24, 2.45) is 0 Å². The van der Waals surface area contributed by atoms with Crippen LogP contribution in [0.4, 0.5) is 0 Å². The Morgan fingerprint density at radius 3 is 3.18 bits per heavy atom. The summed E-state index contributed by atoms with van der Waals surface area (Å²) in [4.78, 5) is 14.5. The number of aromatic nitrogens is 3. The van der Waals surface area contributed by atoms with Gasteiger partial charge in [0.2, 0.25) is 6.41 Å². The number of hydrogen-bond acceptors (Lipinski definition) is 2. The van der Waals surface area contributed by atoms with Crippen molar-refractivity contribution in [3.8, 4) is 0 Å². The molecule has 2 aromatic rings. The molecule has 0 atom stereocenters. The van der Waals surface area contributed by atoms with Gasteiger partial charge < -0.3 is 0 Å². The molecule has 0 spiro atoms. The van der Waals surface area contributed by atoms with Gasteiger partial charge in [-0.05, 0) is 6.92 Å². The third-order valence-electron chi connectivity index (χ3n) is 1.65. The van der Waals surface area contributed by atoms with Crippen LogP contribution in [0.15, 0.2) is 18.5 Å². The lowest BCUT2D eigenvalue weighted by atomic mass is 10.6. The predicted molar refractivity (Wildman–Crippen MR) is 40.1 cm³/mol. The Morgan fingerprint density at radius 2 is 2.45 bits per heavy atom. The minimum atomic E-state index is 0.752. The van der Waals surface area contributed by atoms with E-state index in [4.69, 9.17) is 0 Å². The second-order valence-corrected chi connectivity index (χ2v) is 2.37. The number of carbonyl (C=O) groups excluding carboxylic acids is 1. The lowest BCUT2D eigenvalue weighted by Gasteiger charge is -1.94. The molecule has 2 aromatic heterocycles. The van der Waals surface area contributed by atoms with Gasteiger partial charge in [-0.25, -0.2) is 14.2 Å². The van der Waals surface area contributed by atoms with E-state index >= 15 is 0 Å². The molecule has 0 aliphatic rings. The number of hydrogen-bond donors (Lipinski definition) is 0. The second-order valence-electron chi connectivity index (χ2n) is 2.37. The standard InChI is InChI=1S/C7H7N3O/c1-6-4-8-7-2-3-9(5-11)10(6)7/h2-5H,1H3. The van der Waals surface area contributed by atoms with Crippen LogP contribution in [0.5, 0.6) is 0 Å². The smallest absolute Gasteiger partial charge is 0.232 e. The van der Waals surface area contributed by atoms with Gasteiger partial charge in [-0.1, -0.05) is 0 Å². The topological polar surface area (TPSA) is 39.3 Å². The molecule has 2 rings (SSSR count). The maximum Gasteiger partial charge on any atom is 0.232 e. The highest BCUT2D eigenvalue weighted by atomic mass is 16.1. The molecule has 4 heteroatoms. The maximum atomic E-state index is 10.4. The first-order valence-corrected chi connectivity index (χ1v) is 3.29. The van der Waals surface area contributed by atoms with E-state index in [9.17, 15) is 4.79 Å². The molecule has 0 saturated heterocycles. The number of nitrogens with zero attached hydrogens (tertiary/aromatic N) is 3. The van der Waals surface area contributed by atoms with Crippen molar-refractivity contribution in [3.05, 3.63) is 24.2 Å². The van der Waals surface area contributed by atoms with Crippen LogP contribution >= 0.6 is 0 Å². The zero-order chi connectivity index (χ0) is 7.84. The average Bonchev–Trinajstić information content (AvgIpc) is 2.54. The Bertz CT molecular complexity index is 399. The molecule has 0 amide bonds. The van der Waals surface area contributed by atoms with Crippen molar-refractivity contribution in [2.75, 3.05) is 0 Å². The summed E-state index contributed by atoms with van der Waals surface area (Å²) < 4.78 is 3.20. The molecule has 0 aromatic carbocycles. The van der Waals surface area contributed by atoms with Crippen molar-refractivity contribution in [1.82, 2.24) is 14.2 Å². The van der Waals surface area contributed by atoms with Gasteiger partial charge in [-0.3, -0.25) is 4.79 Å². The van der Waals surface area contributed by atoms with E-state index in [1.54, 1.807) is 23.0 Å². The van der Waals surface area contributed by atoms with Crippen molar-refractivity contribution >= 4 is 12.1 Å². The Balaban J connectivity index is 2.90. The molecule has 0 N–H and O–H groups in total. The van der Waals surface area contributed by atoms with Crippen LogP contribution in [-0.4, -0.2) is 20.6 Å². The molecule has 0 fully saturated rings. The van der Waals surface area contributed by atoms with E-state index in [1.165, 1.54) is 4.68 Å². The Morgan fingerprint density at radius 1 is 1.64 bits per heavy atom. The summed E-state index contributed by atoms with van der Waals surface area (Å²) in [6, 6.07) is 1.79. The van der Waals surface area contributed by atoms with E-state index in [0.717, 1.165) is 17.8 Å². The first kappa shape index (κ1) is 6.15. The third-order valence-corrected chi connectivity index (χ3v) is 1.65. The number of rotatable bonds is 1. The average molecular weight is 149 g/mol. The summed E-state index contributed by atoms with van der Waals surface area (Å²) in [5.74, 6) is 0. The SMILES string of the molecule is Cc1cnc2ccn(C=O)n12. The summed E-state index contributed by atoms with van der Waals surface area (Å²) in [6.45, 7) is 1.90. The Labute approximate surface area is 63.0 Å². The van der Waals surface area contributed by atoms with Crippen LogP contribution in [0.25, 0.3) is 5.65 Å². The van der Waals surface area contributed by atoms with E-state index in [2.05, 4.69) is 4.98 Å². The molecule has 0 aliphatic carbocycles. The van der Waals surface area contributed by atoms with Crippen LogP contribution in [0.3, 0.4) is 0 Å². The maximum absolute atomic E-state index is 10.4. The highest BCUT2D eigenvalue weighted by molar-refractivity contribution is 5.54. The van der Waals surface area contributed by atoms with Gasteiger partial charge in [0.05, 0.1) is 11.9 Å². The summed E-state index contributed by atoms with van der Waals surface area (Å²) in [5.41, 5.74) is 1.76. The minimum Gasteiger partial charge on any atom is -0.276 e. The van der Waals surface area contributed by atoms with Crippen molar-refractivity contribution < 1.29 is 4.79 Å². The second kappa shape index (κ2) is 1.95.